The van der Waals surface area contributed by atoms with Crippen LogP contribution in [0.1, 0.15) is 18.6 Å². The highest BCUT2D eigenvalue weighted by Crippen LogP contribution is 2.28. The van der Waals surface area contributed by atoms with E-state index in [1.54, 1.807) is 32.2 Å². The van der Waals surface area contributed by atoms with Crippen LogP contribution in [0.15, 0.2) is 18.2 Å². The number of benzene rings is 1. The van der Waals surface area contributed by atoms with Gasteiger partial charge < -0.3 is 15.6 Å². The lowest BCUT2D eigenvalue weighted by atomic mass is 10.1. The summed E-state index contributed by atoms with van der Waals surface area (Å²) in [6.45, 7) is 1.67. The van der Waals surface area contributed by atoms with Crippen LogP contribution in [-0.4, -0.2) is 29.7 Å². The van der Waals surface area contributed by atoms with Crippen molar-refractivity contribution in [3.05, 3.63) is 23.8 Å². The largest absolute Gasteiger partial charge is 0.495 e. The zero-order valence-electron chi connectivity index (χ0n) is 9.36. The molecule has 1 aromatic carbocycles. The molecule has 0 spiro atoms. The van der Waals surface area contributed by atoms with Gasteiger partial charge in [-0.2, -0.15) is 8.42 Å². The van der Waals surface area contributed by atoms with E-state index in [0.29, 0.717) is 17.0 Å². The second-order valence-corrected chi connectivity index (χ2v) is 3.98. The minimum absolute atomic E-state index is 0.509. The third kappa shape index (κ3) is 6.74. The summed E-state index contributed by atoms with van der Waals surface area (Å²) < 4.78 is 36.6. The molecule has 1 unspecified atom stereocenters. The average Bonchev–Trinajstić information content (AvgIpc) is 2.15. The summed E-state index contributed by atoms with van der Waals surface area (Å²) in [5, 5.41) is 9.29. The fourth-order valence-electron chi connectivity index (χ4n) is 1.10. The molecule has 0 amide bonds. The summed E-state index contributed by atoms with van der Waals surface area (Å²) in [7, 11) is -3.11. The van der Waals surface area contributed by atoms with Crippen molar-refractivity contribution in [1.82, 2.24) is 0 Å². The highest BCUT2D eigenvalue weighted by molar-refractivity contribution is 7.79. The fraction of sp³-hybridized carbons (Fsp3) is 0.333. The van der Waals surface area contributed by atoms with Crippen LogP contribution >= 0.6 is 0 Å². The molecule has 8 heteroatoms. The standard InChI is InChI=1S/C9H13NO2.H2O4S/c1-6(11)7-4-3-5-8(12-2)9(7)10;1-5(2,3)4/h3-6,11H,10H2,1-2H3;(H2,1,2,3,4). The van der Waals surface area contributed by atoms with Crippen molar-refractivity contribution in [2.45, 2.75) is 13.0 Å². The van der Waals surface area contributed by atoms with E-state index in [1.165, 1.54) is 0 Å². The number of aliphatic hydroxyl groups is 1. The van der Waals surface area contributed by atoms with Gasteiger partial charge in [0.2, 0.25) is 0 Å². The van der Waals surface area contributed by atoms with Gasteiger partial charge in [-0.25, -0.2) is 0 Å². The minimum atomic E-state index is -4.67. The number of methoxy groups -OCH3 is 1. The number of nitrogen functional groups attached to an aromatic ring is 1. The highest BCUT2D eigenvalue weighted by atomic mass is 32.3. The van der Waals surface area contributed by atoms with Gasteiger partial charge in [0.15, 0.2) is 0 Å². The molecule has 0 bridgehead atoms. The summed E-state index contributed by atoms with van der Waals surface area (Å²) in [4.78, 5) is 0. The Bertz CT molecular complexity index is 449. The van der Waals surface area contributed by atoms with Gasteiger partial charge in [-0.15, -0.1) is 0 Å². The van der Waals surface area contributed by atoms with Crippen LogP contribution in [0, 0.1) is 0 Å². The Kier molecular flexibility index (Phi) is 5.89. The van der Waals surface area contributed by atoms with Crippen LogP contribution in [0.25, 0.3) is 0 Å². The molecule has 7 nitrogen and oxygen atoms in total. The summed E-state index contributed by atoms with van der Waals surface area (Å²) in [5.74, 6) is 0.605. The van der Waals surface area contributed by atoms with Gasteiger partial charge in [-0.05, 0) is 13.0 Å². The molecule has 0 aliphatic heterocycles. The minimum Gasteiger partial charge on any atom is -0.495 e. The Labute approximate surface area is 99.4 Å². The lowest BCUT2D eigenvalue weighted by Gasteiger charge is -2.11. The maximum Gasteiger partial charge on any atom is 0.394 e. The molecule has 0 fully saturated rings. The molecule has 0 aliphatic rings. The molecule has 98 valence electrons. The van der Waals surface area contributed by atoms with Crippen molar-refractivity contribution in [1.29, 1.82) is 0 Å². The number of ether oxygens (including phenoxy) is 1. The molecule has 1 rings (SSSR count). The molecule has 17 heavy (non-hydrogen) atoms. The number of hydrogen-bond acceptors (Lipinski definition) is 5. The maximum atomic E-state index is 9.29. The second-order valence-electron chi connectivity index (χ2n) is 3.09. The first-order valence-electron chi connectivity index (χ1n) is 4.47. The predicted molar refractivity (Wildman–Crippen MR) is 62.2 cm³/mol. The normalized spacial score (nSPS) is 12.3. The van der Waals surface area contributed by atoms with Crippen molar-refractivity contribution in [2.75, 3.05) is 12.8 Å². The third-order valence-corrected chi connectivity index (χ3v) is 1.77. The molecule has 0 radical (unpaired) electrons. The number of para-hydroxylation sites is 1. The zero-order valence-corrected chi connectivity index (χ0v) is 10.2. The molecule has 0 aliphatic carbocycles. The number of aliphatic hydroxyl groups excluding tert-OH is 1. The number of rotatable bonds is 2. The Hall–Kier alpha value is -1.35. The molecule has 5 N–H and O–H groups in total. The van der Waals surface area contributed by atoms with Gasteiger partial charge in [0.05, 0.1) is 18.9 Å². The van der Waals surface area contributed by atoms with Gasteiger partial charge >= 0.3 is 10.4 Å². The SMILES string of the molecule is COc1cccc(C(C)O)c1N.O=S(=O)(O)O. The Morgan fingerprint density at radius 3 is 2.18 bits per heavy atom. The molecule has 0 saturated heterocycles. The van der Waals surface area contributed by atoms with Crippen LogP contribution in [0.2, 0.25) is 0 Å². The Morgan fingerprint density at radius 1 is 1.35 bits per heavy atom. The first kappa shape index (κ1) is 15.7. The van der Waals surface area contributed by atoms with Crippen LogP contribution in [-0.2, 0) is 10.4 Å². The third-order valence-electron chi connectivity index (χ3n) is 1.77. The van der Waals surface area contributed by atoms with Gasteiger partial charge in [-0.3, -0.25) is 9.11 Å². The van der Waals surface area contributed by atoms with Crippen molar-refractivity contribution in [2.24, 2.45) is 0 Å². The van der Waals surface area contributed by atoms with Gasteiger partial charge in [-0.1, -0.05) is 12.1 Å². The first-order chi connectivity index (χ1) is 7.66. The van der Waals surface area contributed by atoms with Crippen LogP contribution in [0.4, 0.5) is 5.69 Å². The second kappa shape index (κ2) is 6.40. The molecule has 0 saturated carbocycles. The Morgan fingerprint density at radius 2 is 1.82 bits per heavy atom. The zero-order chi connectivity index (χ0) is 13.6. The lowest BCUT2D eigenvalue weighted by Crippen LogP contribution is -2.00. The number of anilines is 1. The molecule has 1 aromatic rings. The van der Waals surface area contributed by atoms with E-state index in [0.717, 1.165) is 0 Å². The van der Waals surface area contributed by atoms with Gasteiger partial charge in [0.25, 0.3) is 0 Å². The molecular weight excluding hydrogens is 250 g/mol. The maximum absolute atomic E-state index is 9.29. The number of hydrogen-bond donors (Lipinski definition) is 4. The van der Waals surface area contributed by atoms with Gasteiger partial charge in [0.1, 0.15) is 5.75 Å². The van der Waals surface area contributed by atoms with Crippen LogP contribution in [0.5, 0.6) is 5.75 Å². The van der Waals surface area contributed by atoms with Crippen LogP contribution < -0.4 is 10.5 Å². The smallest absolute Gasteiger partial charge is 0.394 e. The average molecular weight is 265 g/mol. The summed E-state index contributed by atoms with van der Waals surface area (Å²) in [5.41, 5.74) is 6.92. The van der Waals surface area contributed by atoms with Crippen molar-refractivity contribution < 1.29 is 27.4 Å². The van der Waals surface area contributed by atoms with E-state index in [-0.39, 0.29) is 0 Å². The predicted octanol–water partition coefficient (Wildman–Crippen LogP) is 0.678. The van der Waals surface area contributed by atoms with E-state index in [9.17, 15) is 5.11 Å². The fourth-order valence-corrected chi connectivity index (χ4v) is 1.10. The molecule has 1 atom stereocenters. The summed E-state index contributed by atoms with van der Waals surface area (Å²) >= 11 is 0. The Balaban J connectivity index is 0.000000437. The van der Waals surface area contributed by atoms with E-state index >= 15 is 0 Å². The number of nitrogens with two attached hydrogens (primary N) is 1. The molecular formula is C9H15NO6S. The van der Waals surface area contributed by atoms with Crippen molar-refractivity contribution in [3.63, 3.8) is 0 Å². The topological polar surface area (TPSA) is 130 Å². The van der Waals surface area contributed by atoms with Crippen molar-refractivity contribution >= 4 is 16.1 Å². The van der Waals surface area contributed by atoms with Crippen molar-refractivity contribution in [3.8, 4) is 5.75 Å². The van der Waals surface area contributed by atoms with E-state index in [4.69, 9.17) is 28.0 Å². The highest BCUT2D eigenvalue weighted by Gasteiger charge is 2.08. The molecule has 0 heterocycles. The first-order valence-corrected chi connectivity index (χ1v) is 5.86. The summed E-state index contributed by atoms with van der Waals surface area (Å²) in [6, 6.07) is 5.35. The monoisotopic (exact) mass is 265 g/mol. The molecule has 0 aromatic heterocycles. The van der Waals surface area contributed by atoms with Crippen LogP contribution in [0.3, 0.4) is 0 Å². The van der Waals surface area contributed by atoms with E-state index in [2.05, 4.69) is 0 Å². The summed E-state index contributed by atoms with van der Waals surface area (Å²) in [6.07, 6.45) is -0.555. The van der Waals surface area contributed by atoms with E-state index in [1.807, 2.05) is 0 Å². The lowest BCUT2D eigenvalue weighted by molar-refractivity contribution is 0.199. The van der Waals surface area contributed by atoms with Gasteiger partial charge in [0, 0.05) is 5.56 Å². The van der Waals surface area contributed by atoms with E-state index < -0.39 is 16.5 Å². The quantitative estimate of drug-likeness (QED) is 0.457.